The standard InChI is InChI=1S/C16H18FNO3/c1-10-6-14(20-3)7-12(18-10)9-21-13-4-5-15(11(2)19)16(17)8-13/h4-8,11,19H,9H2,1-3H3/t11-/m1/s1. The number of hydrogen-bond acceptors (Lipinski definition) is 4. The molecule has 5 heteroatoms. The highest BCUT2D eigenvalue weighted by atomic mass is 19.1. The van der Waals surface area contributed by atoms with Crippen molar-refractivity contribution in [1.82, 2.24) is 4.98 Å². The molecule has 1 heterocycles. The quantitative estimate of drug-likeness (QED) is 0.919. The zero-order valence-corrected chi connectivity index (χ0v) is 12.3. The Morgan fingerprint density at radius 2 is 2.00 bits per heavy atom. The van der Waals surface area contributed by atoms with Gasteiger partial charge in [-0.1, -0.05) is 0 Å². The van der Waals surface area contributed by atoms with Crippen LogP contribution in [0.15, 0.2) is 30.3 Å². The first-order valence-electron chi connectivity index (χ1n) is 6.61. The van der Waals surface area contributed by atoms with Gasteiger partial charge < -0.3 is 14.6 Å². The Morgan fingerprint density at radius 1 is 1.24 bits per heavy atom. The van der Waals surface area contributed by atoms with Crippen LogP contribution in [0.3, 0.4) is 0 Å². The SMILES string of the molecule is COc1cc(C)nc(COc2ccc([C@@H](C)O)c(F)c2)c1. The molecule has 0 saturated heterocycles. The number of aromatic nitrogens is 1. The fourth-order valence-corrected chi connectivity index (χ4v) is 1.99. The largest absolute Gasteiger partial charge is 0.497 e. The molecular formula is C16H18FNO3. The summed E-state index contributed by atoms with van der Waals surface area (Å²) in [5.41, 5.74) is 1.77. The van der Waals surface area contributed by atoms with Gasteiger partial charge in [0.2, 0.25) is 0 Å². The lowest BCUT2D eigenvalue weighted by Crippen LogP contribution is -2.02. The van der Waals surface area contributed by atoms with Crippen molar-refractivity contribution in [3.05, 3.63) is 53.1 Å². The van der Waals surface area contributed by atoms with E-state index in [0.29, 0.717) is 17.2 Å². The first-order valence-corrected chi connectivity index (χ1v) is 6.61. The monoisotopic (exact) mass is 291 g/mol. The summed E-state index contributed by atoms with van der Waals surface area (Å²) in [7, 11) is 1.59. The topological polar surface area (TPSA) is 51.6 Å². The van der Waals surface area contributed by atoms with Gasteiger partial charge in [0.05, 0.1) is 18.9 Å². The average Bonchev–Trinajstić information content (AvgIpc) is 2.44. The highest BCUT2D eigenvalue weighted by Crippen LogP contribution is 2.22. The number of aryl methyl sites for hydroxylation is 1. The van der Waals surface area contributed by atoms with Crippen molar-refractivity contribution in [3.63, 3.8) is 0 Å². The summed E-state index contributed by atoms with van der Waals surface area (Å²) in [5, 5.41) is 9.39. The second-order valence-corrected chi connectivity index (χ2v) is 4.79. The van der Waals surface area contributed by atoms with Gasteiger partial charge in [0, 0.05) is 29.5 Å². The van der Waals surface area contributed by atoms with Crippen LogP contribution in [0, 0.1) is 12.7 Å². The van der Waals surface area contributed by atoms with Gasteiger partial charge in [-0.15, -0.1) is 0 Å². The minimum atomic E-state index is -0.846. The zero-order chi connectivity index (χ0) is 15.4. The third kappa shape index (κ3) is 3.92. The van der Waals surface area contributed by atoms with Gasteiger partial charge in [-0.3, -0.25) is 4.98 Å². The van der Waals surface area contributed by atoms with E-state index in [9.17, 15) is 9.50 Å². The molecule has 0 spiro atoms. The molecule has 112 valence electrons. The van der Waals surface area contributed by atoms with Crippen LogP contribution in [0.2, 0.25) is 0 Å². The Labute approximate surface area is 123 Å². The first-order chi connectivity index (χ1) is 9.99. The summed E-state index contributed by atoms with van der Waals surface area (Å²) in [6.07, 6.45) is -0.846. The van der Waals surface area contributed by atoms with Gasteiger partial charge in [-0.2, -0.15) is 0 Å². The highest BCUT2D eigenvalue weighted by Gasteiger charge is 2.09. The van der Waals surface area contributed by atoms with E-state index in [1.165, 1.54) is 19.1 Å². The normalized spacial score (nSPS) is 12.0. The number of nitrogens with zero attached hydrogens (tertiary/aromatic N) is 1. The fourth-order valence-electron chi connectivity index (χ4n) is 1.99. The van der Waals surface area contributed by atoms with Crippen LogP contribution in [0.25, 0.3) is 0 Å². The molecule has 21 heavy (non-hydrogen) atoms. The predicted octanol–water partition coefficient (Wildman–Crippen LogP) is 3.17. The Hall–Kier alpha value is -2.14. The molecule has 0 unspecified atom stereocenters. The zero-order valence-electron chi connectivity index (χ0n) is 12.3. The van der Waals surface area contributed by atoms with Gasteiger partial charge in [-0.05, 0) is 26.0 Å². The van der Waals surface area contributed by atoms with Crippen molar-refractivity contribution in [2.24, 2.45) is 0 Å². The molecule has 4 nitrogen and oxygen atoms in total. The lowest BCUT2D eigenvalue weighted by atomic mass is 10.1. The van der Waals surface area contributed by atoms with Gasteiger partial charge in [0.25, 0.3) is 0 Å². The van der Waals surface area contributed by atoms with Crippen LogP contribution < -0.4 is 9.47 Å². The summed E-state index contributed by atoms with van der Waals surface area (Å²) in [5.74, 6) is 0.605. The molecule has 0 fully saturated rings. The molecule has 2 rings (SSSR count). The second kappa shape index (κ2) is 6.54. The van der Waals surface area contributed by atoms with E-state index in [0.717, 1.165) is 5.69 Å². The molecule has 0 aliphatic heterocycles. The van der Waals surface area contributed by atoms with E-state index in [1.54, 1.807) is 19.2 Å². The third-order valence-electron chi connectivity index (χ3n) is 3.02. The van der Waals surface area contributed by atoms with Crippen molar-refractivity contribution in [2.45, 2.75) is 26.6 Å². The number of benzene rings is 1. The summed E-state index contributed by atoms with van der Waals surface area (Å²) in [4.78, 5) is 4.33. The predicted molar refractivity (Wildman–Crippen MR) is 76.9 cm³/mol. The Bertz CT molecular complexity index is 629. The van der Waals surface area contributed by atoms with Gasteiger partial charge in [0.15, 0.2) is 0 Å². The Kier molecular flexibility index (Phi) is 4.75. The molecule has 1 aromatic carbocycles. The molecule has 2 aromatic rings. The molecule has 0 amide bonds. The maximum atomic E-state index is 13.7. The van der Waals surface area contributed by atoms with Crippen molar-refractivity contribution in [3.8, 4) is 11.5 Å². The molecule has 0 radical (unpaired) electrons. The van der Waals surface area contributed by atoms with E-state index in [1.807, 2.05) is 13.0 Å². The van der Waals surface area contributed by atoms with Crippen LogP contribution in [-0.2, 0) is 6.61 Å². The van der Waals surface area contributed by atoms with Gasteiger partial charge in [-0.25, -0.2) is 4.39 Å². The van der Waals surface area contributed by atoms with E-state index < -0.39 is 11.9 Å². The number of aliphatic hydroxyl groups excluding tert-OH is 1. The fraction of sp³-hybridized carbons (Fsp3) is 0.312. The van der Waals surface area contributed by atoms with E-state index in [2.05, 4.69) is 4.98 Å². The Morgan fingerprint density at radius 3 is 2.62 bits per heavy atom. The molecule has 0 aliphatic carbocycles. The number of hydrogen-bond donors (Lipinski definition) is 1. The highest BCUT2D eigenvalue weighted by molar-refractivity contribution is 5.31. The molecular weight excluding hydrogens is 273 g/mol. The third-order valence-corrected chi connectivity index (χ3v) is 3.02. The number of rotatable bonds is 5. The molecule has 0 aliphatic rings. The maximum absolute atomic E-state index is 13.7. The summed E-state index contributed by atoms with van der Waals surface area (Å²) >= 11 is 0. The summed E-state index contributed by atoms with van der Waals surface area (Å²) < 4.78 is 24.4. The van der Waals surface area contributed by atoms with E-state index in [4.69, 9.17) is 9.47 Å². The van der Waals surface area contributed by atoms with E-state index >= 15 is 0 Å². The maximum Gasteiger partial charge on any atom is 0.132 e. The molecule has 1 aromatic heterocycles. The van der Waals surface area contributed by atoms with Crippen molar-refractivity contribution < 1.29 is 19.0 Å². The number of ether oxygens (including phenoxy) is 2. The van der Waals surface area contributed by atoms with Crippen LogP contribution in [0.1, 0.15) is 30.0 Å². The number of aliphatic hydroxyl groups is 1. The summed E-state index contributed by atoms with van der Waals surface area (Å²) in [6, 6.07) is 7.99. The van der Waals surface area contributed by atoms with Crippen LogP contribution in [0.4, 0.5) is 4.39 Å². The number of methoxy groups -OCH3 is 1. The first kappa shape index (κ1) is 15.3. The minimum Gasteiger partial charge on any atom is -0.497 e. The van der Waals surface area contributed by atoms with Gasteiger partial charge in [0.1, 0.15) is 23.9 Å². The minimum absolute atomic E-state index is 0.214. The molecule has 1 atom stereocenters. The molecule has 0 bridgehead atoms. The average molecular weight is 291 g/mol. The van der Waals surface area contributed by atoms with Crippen molar-refractivity contribution in [1.29, 1.82) is 0 Å². The number of halogens is 1. The van der Waals surface area contributed by atoms with Crippen molar-refractivity contribution >= 4 is 0 Å². The lowest BCUT2D eigenvalue weighted by molar-refractivity contribution is 0.193. The smallest absolute Gasteiger partial charge is 0.132 e. The van der Waals surface area contributed by atoms with Crippen LogP contribution in [-0.4, -0.2) is 17.2 Å². The molecule has 0 saturated carbocycles. The van der Waals surface area contributed by atoms with Gasteiger partial charge >= 0.3 is 0 Å². The van der Waals surface area contributed by atoms with Crippen molar-refractivity contribution in [2.75, 3.05) is 7.11 Å². The summed E-state index contributed by atoms with van der Waals surface area (Å²) in [6.45, 7) is 3.59. The van der Waals surface area contributed by atoms with E-state index in [-0.39, 0.29) is 12.2 Å². The Balaban J connectivity index is 2.09. The van der Waals surface area contributed by atoms with Crippen LogP contribution >= 0.6 is 0 Å². The molecule has 1 N–H and O–H groups in total. The second-order valence-electron chi connectivity index (χ2n) is 4.79. The lowest BCUT2D eigenvalue weighted by Gasteiger charge is -2.10. The van der Waals surface area contributed by atoms with Crippen LogP contribution in [0.5, 0.6) is 11.5 Å². The number of pyridine rings is 1.